The van der Waals surface area contributed by atoms with Gasteiger partial charge in [-0.1, -0.05) is 27.7 Å². The number of hydrogen-bond acceptors (Lipinski definition) is 2. The Morgan fingerprint density at radius 1 is 1.12 bits per heavy atom. The zero-order valence-corrected chi connectivity index (χ0v) is 12.4. The smallest absolute Gasteiger partial charge is 0.192 e. The van der Waals surface area contributed by atoms with Gasteiger partial charge in [0.15, 0.2) is 8.32 Å². The highest BCUT2D eigenvalue weighted by Gasteiger charge is 2.31. The lowest BCUT2D eigenvalue weighted by molar-refractivity contribution is -0.108. The van der Waals surface area contributed by atoms with E-state index in [0.29, 0.717) is 12.5 Å². The second-order valence-electron chi connectivity index (χ2n) is 4.49. The molecule has 1 atom stereocenters. The second kappa shape index (κ2) is 8.94. The van der Waals surface area contributed by atoms with Gasteiger partial charge in [0.1, 0.15) is 6.29 Å². The number of hydrogen-bond donors (Lipinski definition) is 0. The lowest BCUT2D eigenvalue weighted by atomic mass is 10.1. The van der Waals surface area contributed by atoms with Crippen LogP contribution in [0.5, 0.6) is 0 Å². The quantitative estimate of drug-likeness (QED) is 0.328. The third kappa shape index (κ3) is 5.26. The van der Waals surface area contributed by atoms with E-state index in [0.717, 1.165) is 25.5 Å². The molecule has 0 heterocycles. The molecule has 0 aromatic carbocycles. The van der Waals surface area contributed by atoms with Gasteiger partial charge in [0.05, 0.1) is 0 Å². The van der Waals surface area contributed by atoms with Crippen LogP contribution >= 0.6 is 0 Å². The Morgan fingerprint density at radius 2 is 1.69 bits per heavy atom. The molecular weight excluding hydrogens is 216 g/mol. The Bertz CT molecular complexity index is 171. The summed E-state index contributed by atoms with van der Waals surface area (Å²) in [7, 11) is -1.45. The summed E-state index contributed by atoms with van der Waals surface area (Å²) in [6, 6.07) is 3.64. The number of aldehydes is 1. The van der Waals surface area contributed by atoms with Gasteiger partial charge in [-0.25, -0.2) is 0 Å². The fourth-order valence-electron chi connectivity index (χ4n) is 2.13. The van der Waals surface area contributed by atoms with E-state index in [1.54, 1.807) is 0 Å². The highest BCUT2D eigenvalue weighted by Crippen LogP contribution is 2.25. The van der Waals surface area contributed by atoms with Crippen LogP contribution in [-0.4, -0.2) is 20.7 Å². The molecule has 0 radical (unpaired) electrons. The number of carbonyl (C=O) groups excluding carboxylic acids is 1. The van der Waals surface area contributed by atoms with E-state index in [-0.39, 0.29) is 0 Å². The lowest BCUT2D eigenvalue weighted by Gasteiger charge is -2.33. The van der Waals surface area contributed by atoms with Crippen molar-refractivity contribution in [1.82, 2.24) is 0 Å². The first-order chi connectivity index (χ1) is 7.67. The van der Waals surface area contributed by atoms with Gasteiger partial charge in [-0.15, -0.1) is 0 Å². The average Bonchev–Trinajstić information content (AvgIpc) is 2.34. The van der Waals surface area contributed by atoms with Gasteiger partial charge in [-0.2, -0.15) is 0 Å². The fraction of sp³-hybridized carbons (Fsp3) is 0.923. The van der Waals surface area contributed by atoms with Crippen molar-refractivity contribution in [3.63, 3.8) is 0 Å². The van der Waals surface area contributed by atoms with E-state index < -0.39 is 8.32 Å². The minimum atomic E-state index is -1.45. The van der Waals surface area contributed by atoms with Gasteiger partial charge in [0, 0.05) is 12.5 Å². The van der Waals surface area contributed by atoms with Crippen molar-refractivity contribution in [2.75, 3.05) is 0 Å². The molecule has 0 N–H and O–H groups in total. The second-order valence-corrected chi connectivity index (χ2v) is 9.21. The van der Waals surface area contributed by atoms with Crippen molar-refractivity contribution in [2.24, 2.45) is 0 Å². The number of unbranched alkanes of at least 4 members (excludes halogenated alkanes) is 1. The maximum absolute atomic E-state index is 10.3. The predicted molar refractivity (Wildman–Crippen MR) is 72.3 cm³/mol. The third-order valence-corrected chi connectivity index (χ3v) is 8.35. The molecule has 96 valence electrons. The minimum Gasteiger partial charge on any atom is -0.414 e. The van der Waals surface area contributed by atoms with Crippen LogP contribution in [0, 0.1) is 0 Å². The van der Waals surface area contributed by atoms with Crippen molar-refractivity contribution in [1.29, 1.82) is 0 Å². The molecule has 0 spiro atoms. The summed E-state index contributed by atoms with van der Waals surface area (Å²) in [6.45, 7) is 8.97. The van der Waals surface area contributed by atoms with E-state index >= 15 is 0 Å². The van der Waals surface area contributed by atoms with Gasteiger partial charge >= 0.3 is 0 Å². The molecule has 16 heavy (non-hydrogen) atoms. The number of rotatable bonds is 10. The van der Waals surface area contributed by atoms with Crippen molar-refractivity contribution in [3.8, 4) is 0 Å². The summed E-state index contributed by atoms with van der Waals surface area (Å²) in [5, 5.41) is 0. The van der Waals surface area contributed by atoms with E-state index in [2.05, 4.69) is 27.7 Å². The molecule has 0 aliphatic heterocycles. The van der Waals surface area contributed by atoms with Gasteiger partial charge in [0.25, 0.3) is 0 Å². The molecule has 0 bridgehead atoms. The Balaban J connectivity index is 4.20. The van der Waals surface area contributed by atoms with Gasteiger partial charge < -0.3 is 9.22 Å². The molecule has 0 aromatic heterocycles. The molecule has 0 fully saturated rings. The maximum atomic E-state index is 10.3. The summed E-state index contributed by atoms with van der Waals surface area (Å²) in [5.74, 6) is 0. The monoisotopic (exact) mass is 244 g/mol. The summed E-state index contributed by atoms with van der Waals surface area (Å²) in [5.41, 5.74) is 0. The van der Waals surface area contributed by atoms with Crippen molar-refractivity contribution in [2.45, 2.75) is 77.6 Å². The molecule has 0 aromatic rings. The van der Waals surface area contributed by atoms with Crippen LogP contribution in [0.25, 0.3) is 0 Å². The first-order valence-electron chi connectivity index (χ1n) is 6.79. The summed E-state index contributed by atoms with van der Waals surface area (Å²) in [6.07, 6.45) is 5.17. The Labute approximate surface area is 102 Å². The first-order valence-corrected chi connectivity index (χ1v) is 9.32. The highest BCUT2D eigenvalue weighted by atomic mass is 28.4. The lowest BCUT2D eigenvalue weighted by Crippen LogP contribution is -2.39. The van der Waals surface area contributed by atoms with Gasteiger partial charge in [0.2, 0.25) is 0 Å². The topological polar surface area (TPSA) is 26.3 Å². The van der Waals surface area contributed by atoms with Crippen LogP contribution in [0.4, 0.5) is 0 Å². The van der Waals surface area contributed by atoms with E-state index in [1.165, 1.54) is 18.1 Å². The molecule has 2 nitrogen and oxygen atoms in total. The minimum absolute atomic E-state index is 0.381. The Kier molecular flexibility index (Phi) is 8.85. The largest absolute Gasteiger partial charge is 0.414 e. The van der Waals surface area contributed by atoms with Gasteiger partial charge in [-0.05, 0) is 37.4 Å². The molecule has 0 saturated heterocycles. The highest BCUT2D eigenvalue weighted by molar-refractivity contribution is 6.73. The standard InChI is InChI=1S/C13H28O2Si/c1-5-13(11-9-10-12-14)15-16(6-2,7-3)8-4/h12-13H,5-11H2,1-4H3/t13-/m0/s1. The maximum Gasteiger partial charge on any atom is 0.192 e. The van der Waals surface area contributed by atoms with Gasteiger partial charge in [-0.3, -0.25) is 0 Å². The van der Waals surface area contributed by atoms with Crippen LogP contribution in [-0.2, 0) is 9.22 Å². The zero-order valence-electron chi connectivity index (χ0n) is 11.4. The summed E-state index contributed by atoms with van der Waals surface area (Å²) in [4.78, 5) is 10.3. The fourth-order valence-corrected chi connectivity index (χ4v) is 5.12. The van der Waals surface area contributed by atoms with Crippen LogP contribution < -0.4 is 0 Å². The first kappa shape index (κ1) is 15.8. The van der Waals surface area contributed by atoms with Crippen LogP contribution in [0.15, 0.2) is 0 Å². The molecule has 3 heteroatoms. The van der Waals surface area contributed by atoms with Crippen molar-refractivity contribution >= 4 is 14.6 Å². The van der Waals surface area contributed by atoms with Crippen LogP contribution in [0.1, 0.15) is 53.4 Å². The van der Waals surface area contributed by atoms with E-state index in [9.17, 15) is 4.79 Å². The SMILES string of the molecule is CC[C@@H](CCCC=O)O[Si](CC)(CC)CC. The van der Waals surface area contributed by atoms with Crippen LogP contribution in [0.3, 0.4) is 0 Å². The van der Waals surface area contributed by atoms with E-state index in [1.807, 2.05) is 0 Å². The molecule has 0 rings (SSSR count). The van der Waals surface area contributed by atoms with Crippen molar-refractivity contribution in [3.05, 3.63) is 0 Å². The Hall–Kier alpha value is -0.153. The molecule has 0 amide bonds. The molecule has 0 aliphatic carbocycles. The third-order valence-electron chi connectivity index (χ3n) is 3.65. The molecule has 0 saturated carbocycles. The van der Waals surface area contributed by atoms with Crippen LogP contribution in [0.2, 0.25) is 18.1 Å². The summed E-state index contributed by atoms with van der Waals surface area (Å²) >= 11 is 0. The Morgan fingerprint density at radius 3 is 2.06 bits per heavy atom. The summed E-state index contributed by atoms with van der Waals surface area (Å²) < 4.78 is 6.40. The molecular formula is C13H28O2Si. The average molecular weight is 244 g/mol. The van der Waals surface area contributed by atoms with Crippen molar-refractivity contribution < 1.29 is 9.22 Å². The normalized spacial score (nSPS) is 13.8. The van der Waals surface area contributed by atoms with E-state index in [4.69, 9.17) is 4.43 Å². The predicted octanol–water partition coefficient (Wildman–Crippen LogP) is 4.16. The molecule has 0 aliphatic rings. The zero-order chi connectivity index (χ0) is 12.4. The molecule has 0 unspecified atom stereocenters. The number of carbonyl (C=O) groups is 1.